The number of nitrogens with zero attached hydrogens (tertiary/aromatic N) is 3. The Hall–Kier alpha value is -2.70. The molecule has 166 valence electrons. The van der Waals surface area contributed by atoms with Gasteiger partial charge in [0.15, 0.2) is 0 Å². The molecule has 4 rings (SSSR count). The maximum atomic E-state index is 11.7. The molecule has 0 saturated carbocycles. The molecule has 1 aliphatic rings. The lowest BCUT2D eigenvalue weighted by Crippen LogP contribution is -2.27. The van der Waals surface area contributed by atoms with Crippen molar-refractivity contribution in [3.05, 3.63) is 69.1 Å². The first-order valence-electron chi connectivity index (χ1n) is 10.6. The van der Waals surface area contributed by atoms with Crippen LogP contribution in [0, 0.1) is 0 Å². The number of hydrogen-bond donors (Lipinski definition) is 1. The summed E-state index contributed by atoms with van der Waals surface area (Å²) in [6.07, 6.45) is 3.21. The highest BCUT2D eigenvalue weighted by Gasteiger charge is 2.35. The lowest BCUT2D eigenvalue weighted by Gasteiger charge is -2.24. The maximum Gasteiger partial charge on any atom is 0.302 e. The van der Waals surface area contributed by atoms with Gasteiger partial charge in [-0.15, -0.1) is 0 Å². The average Bonchev–Trinajstić information content (AvgIpc) is 3.10. The third-order valence-corrected chi connectivity index (χ3v) is 6.03. The predicted octanol–water partition coefficient (Wildman–Crippen LogP) is 5.61. The van der Waals surface area contributed by atoms with E-state index in [2.05, 4.69) is 22.4 Å². The lowest BCUT2D eigenvalue weighted by molar-refractivity contribution is -0.146. The summed E-state index contributed by atoms with van der Waals surface area (Å²) in [4.78, 5) is 25.9. The normalized spacial score (nSPS) is 17.2. The Balaban J connectivity index is 1.75. The Morgan fingerprint density at radius 1 is 1.12 bits per heavy atom. The molecule has 1 aliphatic carbocycles. The highest BCUT2D eigenvalue weighted by atomic mass is 35.5. The molecular weight excluding hydrogens is 447 g/mol. The van der Waals surface area contributed by atoms with E-state index < -0.39 is 0 Å². The van der Waals surface area contributed by atoms with E-state index in [9.17, 15) is 4.79 Å². The predicted molar refractivity (Wildman–Crippen MR) is 126 cm³/mol. The minimum absolute atomic E-state index is 0.206. The summed E-state index contributed by atoms with van der Waals surface area (Å²) in [5.74, 6) is 0.376. The molecule has 0 aliphatic heterocycles. The van der Waals surface area contributed by atoms with Crippen LogP contribution < -0.4 is 5.32 Å². The van der Waals surface area contributed by atoms with E-state index in [1.165, 1.54) is 6.92 Å². The zero-order valence-corrected chi connectivity index (χ0v) is 19.7. The van der Waals surface area contributed by atoms with Crippen molar-refractivity contribution in [1.82, 2.24) is 15.0 Å². The van der Waals surface area contributed by atoms with Crippen LogP contribution in [-0.4, -0.2) is 27.0 Å². The summed E-state index contributed by atoms with van der Waals surface area (Å²) in [7, 11) is 0. The molecule has 2 heterocycles. The number of aromatic nitrogens is 3. The number of halogens is 2. The van der Waals surface area contributed by atoms with Crippen molar-refractivity contribution in [3.63, 3.8) is 0 Å². The van der Waals surface area contributed by atoms with Crippen molar-refractivity contribution in [3.8, 4) is 11.4 Å². The number of aryl methyl sites for hydroxylation is 2. The monoisotopic (exact) mass is 470 g/mol. The molecule has 0 radical (unpaired) electrons. The van der Waals surface area contributed by atoms with Crippen molar-refractivity contribution in [2.75, 3.05) is 5.32 Å². The third-order valence-electron chi connectivity index (χ3n) is 5.53. The van der Waals surface area contributed by atoms with Crippen LogP contribution in [0.25, 0.3) is 11.4 Å². The van der Waals surface area contributed by atoms with Gasteiger partial charge in [0.05, 0.1) is 27.5 Å². The second-order valence-corrected chi connectivity index (χ2v) is 8.52. The maximum absolute atomic E-state index is 11.7. The number of fused-ring (bicyclic) bond motifs is 1. The van der Waals surface area contributed by atoms with E-state index in [-0.39, 0.29) is 18.1 Å². The van der Waals surface area contributed by atoms with Crippen molar-refractivity contribution < 1.29 is 9.53 Å². The Morgan fingerprint density at radius 3 is 2.56 bits per heavy atom. The SMILES string of the molecule is CCc1nc(-c2ncc(Cl)cc2Cl)c(CC)nc1N[C@@H]1c2ccccc2C[C@@H]1OC(C)=O. The minimum atomic E-state index is -0.312. The van der Waals surface area contributed by atoms with Crippen LogP contribution in [0.4, 0.5) is 5.82 Å². The van der Waals surface area contributed by atoms with E-state index in [1.54, 1.807) is 12.3 Å². The van der Waals surface area contributed by atoms with Gasteiger partial charge in [-0.25, -0.2) is 9.97 Å². The topological polar surface area (TPSA) is 77.0 Å². The molecule has 3 aromatic rings. The first-order chi connectivity index (χ1) is 15.4. The van der Waals surface area contributed by atoms with Gasteiger partial charge in [0.1, 0.15) is 23.3 Å². The average molecular weight is 471 g/mol. The van der Waals surface area contributed by atoms with Crippen LogP contribution in [0.2, 0.25) is 10.0 Å². The van der Waals surface area contributed by atoms with E-state index >= 15 is 0 Å². The fourth-order valence-electron chi connectivity index (χ4n) is 4.09. The third kappa shape index (κ3) is 4.43. The molecule has 0 unspecified atom stereocenters. The molecule has 0 fully saturated rings. The molecule has 32 heavy (non-hydrogen) atoms. The molecule has 2 aromatic heterocycles. The van der Waals surface area contributed by atoms with Gasteiger partial charge in [-0.05, 0) is 30.0 Å². The number of anilines is 1. The number of carbonyl (C=O) groups excluding carboxylic acids is 1. The smallest absolute Gasteiger partial charge is 0.302 e. The largest absolute Gasteiger partial charge is 0.460 e. The number of pyridine rings is 1. The van der Waals surface area contributed by atoms with Crippen molar-refractivity contribution in [1.29, 1.82) is 0 Å². The van der Waals surface area contributed by atoms with Crippen molar-refractivity contribution in [2.45, 2.75) is 52.2 Å². The molecule has 1 aromatic carbocycles. The molecule has 0 amide bonds. The molecule has 2 atom stereocenters. The van der Waals surface area contributed by atoms with Crippen LogP contribution in [-0.2, 0) is 28.8 Å². The van der Waals surface area contributed by atoms with Gasteiger partial charge >= 0.3 is 5.97 Å². The number of esters is 1. The number of hydrogen-bond acceptors (Lipinski definition) is 6. The zero-order chi connectivity index (χ0) is 22.8. The number of ether oxygens (including phenoxy) is 1. The lowest BCUT2D eigenvalue weighted by atomic mass is 10.1. The fraction of sp³-hybridized carbons (Fsp3) is 0.333. The van der Waals surface area contributed by atoms with Gasteiger partial charge in [0.25, 0.3) is 0 Å². The van der Waals surface area contributed by atoms with E-state index in [1.807, 2.05) is 26.0 Å². The Kier molecular flexibility index (Phi) is 6.63. The molecule has 6 nitrogen and oxygen atoms in total. The first kappa shape index (κ1) is 22.5. The van der Waals surface area contributed by atoms with Crippen LogP contribution in [0.15, 0.2) is 36.5 Å². The van der Waals surface area contributed by atoms with Gasteiger partial charge in [-0.1, -0.05) is 61.3 Å². The van der Waals surface area contributed by atoms with Crippen molar-refractivity contribution >= 4 is 35.0 Å². The van der Waals surface area contributed by atoms with Crippen LogP contribution >= 0.6 is 23.2 Å². The highest BCUT2D eigenvalue weighted by molar-refractivity contribution is 6.36. The molecule has 0 saturated heterocycles. The molecule has 0 bridgehead atoms. The summed E-state index contributed by atoms with van der Waals surface area (Å²) in [5, 5.41) is 4.43. The minimum Gasteiger partial charge on any atom is -0.460 e. The number of nitrogens with one attached hydrogen (secondary N) is 1. The van der Waals surface area contributed by atoms with Gasteiger partial charge in [-0.2, -0.15) is 0 Å². The zero-order valence-electron chi connectivity index (χ0n) is 18.2. The van der Waals surface area contributed by atoms with E-state index in [4.69, 9.17) is 37.9 Å². The first-order valence-corrected chi connectivity index (χ1v) is 11.4. The summed E-state index contributed by atoms with van der Waals surface area (Å²) in [6, 6.07) is 9.56. The second kappa shape index (κ2) is 9.43. The summed E-state index contributed by atoms with van der Waals surface area (Å²) < 4.78 is 5.64. The quantitative estimate of drug-likeness (QED) is 0.471. The molecular formula is C24H24Cl2N4O2. The number of rotatable bonds is 6. The number of benzene rings is 1. The Bertz CT molecular complexity index is 1170. The summed E-state index contributed by atoms with van der Waals surface area (Å²) in [6.45, 7) is 5.47. The molecule has 8 heteroatoms. The van der Waals surface area contributed by atoms with Crippen LogP contribution in [0.1, 0.15) is 49.3 Å². The Labute approximate surface area is 197 Å². The van der Waals surface area contributed by atoms with Gasteiger partial charge in [0.2, 0.25) is 0 Å². The van der Waals surface area contributed by atoms with Gasteiger partial charge in [0, 0.05) is 19.5 Å². The van der Waals surface area contributed by atoms with Crippen LogP contribution in [0.5, 0.6) is 0 Å². The van der Waals surface area contributed by atoms with Crippen LogP contribution in [0.3, 0.4) is 0 Å². The van der Waals surface area contributed by atoms with E-state index in [0.29, 0.717) is 46.5 Å². The van der Waals surface area contributed by atoms with E-state index in [0.717, 1.165) is 22.5 Å². The van der Waals surface area contributed by atoms with Crippen molar-refractivity contribution in [2.24, 2.45) is 0 Å². The highest BCUT2D eigenvalue weighted by Crippen LogP contribution is 2.37. The second-order valence-electron chi connectivity index (χ2n) is 7.68. The van der Waals surface area contributed by atoms with Gasteiger partial charge < -0.3 is 10.1 Å². The molecule has 0 spiro atoms. The fourth-order valence-corrected chi connectivity index (χ4v) is 4.56. The van der Waals surface area contributed by atoms with Gasteiger partial charge in [-0.3, -0.25) is 9.78 Å². The standard InChI is InChI=1S/C24H24Cl2N4O2/c1-4-18-23(22-17(26)11-15(25)12-27-22)28-19(5-2)24(29-18)30-21-16-9-7-6-8-14(16)10-20(21)32-13(3)31/h6-9,11-12,20-21H,4-5,10H2,1-3H3,(H,29,30)/t20-,21+/m0/s1. The number of carbonyl (C=O) groups is 1. The molecule has 1 N–H and O–H groups in total. The Morgan fingerprint density at radius 2 is 1.88 bits per heavy atom. The summed E-state index contributed by atoms with van der Waals surface area (Å²) in [5.41, 5.74) is 5.04. The summed E-state index contributed by atoms with van der Waals surface area (Å²) >= 11 is 12.4.